The maximum absolute atomic E-state index is 11.6. The topological polar surface area (TPSA) is 39.8 Å². The molecular weight excluding hydrogens is 178 g/mol. The van der Waals surface area contributed by atoms with Gasteiger partial charge in [-0.1, -0.05) is 0 Å². The third kappa shape index (κ3) is 1.23. The van der Waals surface area contributed by atoms with Crippen molar-refractivity contribution in [3.05, 3.63) is 28.7 Å². The summed E-state index contributed by atoms with van der Waals surface area (Å²) in [5.41, 5.74) is 1.79. The van der Waals surface area contributed by atoms with Gasteiger partial charge in [0.1, 0.15) is 5.52 Å². The monoisotopic (exact) mass is 191 g/mol. The lowest BCUT2D eigenvalue weighted by Crippen LogP contribution is -2.20. The van der Waals surface area contributed by atoms with E-state index >= 15 is 0 Å². The molecule has 0 aliphatic rings. The molecule has 0 aliphatic heterocycles. The number of hydrogen-bond acceptors (Lipinski definition) is 2. The van der Waals surface area contributed by atoms with E-state index in [-0.39, 0.29) is 11.6 Å². The van der Waals surface area contributed by atoms with Gasteiger partial charge in [0.2, 0.25) is 0 Å². The van der Waals surface area contributed by atoms with E-state index in [0.29, 0.717) is 0 Å². The summed E-state index contributed by atoms with van der Waals surface area (Å²) in [6.45, 7) is 3.99. The predicted molar refractivity (Wildman–Crippen MR) is 55.4 cm³/mol. The minimum Gasteiger partial charge on any atom is -0.303 e. The Hall–Kier alpha value is -1.58. The molecule has 0 N–H and O–H groups in total. The molecule has 0 amide bonds. The van der Waals surface area contributed by atoms with E-state index in [0.717, 1.165) is 11.0 Å². The number of rotatable bonds is 1. The predicted octanol–water partition coefficient (Wildman–Crippen LogP) is 1.32. The summed E-state index contributed by atoms with van der Waals surface area (Å²) >= 11 is 0. The van der Waals surface area contributed by atoms with Gasteiger partial charge in [-0.3, -0.25) is 9.48 Å². The van der Waals surface area contributed by atoms with E-state index in [1.165, 1.54) is 0 Å². The van der Waals surface area contributed by atoms with Crippen LogP contribution in [0, 0.1) is 0 Å². The average molecular weight is 191 g/mol. The SMILES string of the molecule is CC(C)n1c(=O)ccc2nn(C)cc21. The van der Waals surface area contributed by atoms with Gasteiger partial charge in [0, 0.05) is 25.4 Å². The van der Waals surface area contributed by atoms with Crippen molar-refractivity contribution in [2.45, 2.75) is 19.9 Å². The Balaban J connectivity index is 2.89. The Labute approximate surface area is 81.8 Å². The molecule has 74 valence electrons. The average Bonchev–Trinajstić information content (AvgIpc) is 2.43. The molecule has 2 aromatic rings. The molecule has 2 heterocycles. The van der Waals surface area contributed by atoms with Gasteiger partial charge in [0.25, 0.3) is 5.56 Å². The summed E-state index contributed by atoms with van der Waals surface area (Å²) in [7, 11) is 1.86. The molecule has 0 spiro atoms. The zero-order valence-corrected chi connectivity index (χ0v) is 8.56. The Morgan fingerprint density at radius 3 is 2.71 bits per heavy atom. The molecule has 0 aromatic carbocycles. The van der Waals surface area contributed by atoms with Crippen LogP contribution in [0.1, 0.15) is 19.9 Å². The Morgan fingerprint density at radius 2 is 2.07 bits per heavy atom. The molecule has 0 saturated heterocycles. The molecule has 0 bridgehead atoms. The van der Waals surface area contributed by atoms with Crippen LogP contribution in [0.4, 0.5) is 0 Å². The van der Waals surface area contributed by atoms with Gasteiger partial charge in [0.05, 0.1) is 5.52 Å². The standard InChI is InChI=1S/C10H13N3O/c1-7(2)13-9-6-12(3)11-8(9)4-5-10(13)14/h4-7H,1-3H3. The van der Waals surface area contributed by atoms with Gasteiger partial charge in [0.15, 0.2) is 0 Å². The largest absolute Gasteiger partial charge is 0.303 e. The Kier molecular flexibility index (Phi) is 1.91. The fourth-order valence-electron chi connectivity index (χ4n) is 1.68. The number of hydrogen-bond donors (Lipinski definition) is 0. The van der Waals surface area contributed by atoms with E-state index in [2.05, 4.69) is 5.10 Å². The van der Waals surface area contributed by atoms with Crippen LogP contribution in [0.5, 0.6) is 0 Å². The quantitative estimate of drug-likeness (QED) is 0.682. The fraction of sp³-hybridized carbons (Fsp3) is 0.400. The van der Waals surface area contributed by atoms with Crippen molar-refractivity contribution in [1.82, 2.24) is 14.3 Å². The second kappa shape index (κ2) is 2.97. The Bertz CT molecular complexity index is 522. The first kappa shape index (κ1) is 8.99. The van der Waals surface area contributed by atoms with Crippen molar-refractivity contribution in [1.29, 1.82) is 0 Å². The summed E-state index contributed by atoms with van der Waals surface area (Å²) in [6, 6.07) is 3.49. The van der Waals surface area contributed by atoms with Gasteiger partial charge in [-0.2, -0.15) is 5.10 Å². The minimum absolute atomic E-state index is 0.0282. The maximum atomic E-state index is 11.6. The molecular formula is C10H13N3O. The highest BCUT2D eigenvalue weighted by molar-refractivity contribution is 5.73. The van der Waals surface area contributed by atoms with Gasteiger partial charge < -0.3 is 4.57 Å². The zero-order valence-electron chi connectivity index (χ0n) is 8.56. The van der Waals surface area contributed by atoms with Crippen LogP contribution < -0.4 is 5.56 Å². The number of aromatic nitrogens is 3. The lowest BCUT2D eigenvalue weighted by molar-refractivity contribution is 0.600. The van der Waals surface area contributed by atoms with Crippen LogP contribution in [0.3, 0.4) is 0 Å². The van der Waals surface area contributed by atoms with Crippen molar-refractivity contribution in [3.8, 4) is 0 Å². The molecule has 4 nitrogen and oxygen atoms in total. The molecule has 0 unspecified atom stereocenters. The number of nitrogens with zero attached hydrogens (tertiary/aromatic N) is 3. The molecule has 0 atom stereocenters. The third-order valence-electron chi connectivity index (χ3n) is 2.23. The highest BCUT2D eigenvalue weighted by atomic mass is 16.1. The summed E-state index contributed by atoms with van der Waals surface area (Å²) in [5.74, 6) is 0. The van der Waals surface area contributed by atoms with Crippen molar-refractivity contribution in [3.63, 3.8) is 0 Å². The first-order chi connectivity index (χ1) is 6.59. The van der Waals surface area contributed by atoms with Crippen LogP contribution in [0.2, 0.25) is 0 Å². The van der Waals surface area contributed by atoms with E-state index in [1.807, 2.05) is 27.1 Å². The van der Waals surface area contributed by atoms with Crippen LogP contribution >= 0.6 is 0 Å². The highest BCUT2D eigenvalue weighted by Gasteiger charge is 2.08. The van der Waals surface area contributed by atoms with Crippen LogP contribution in [-0.2, 0) is 7.05 Å². The molecule has 0 radical (unpaired) electrons. The second-order valence-corrected chi connectivity index (χ2v) is 3.71. The highest BCUT2D eigenvalue weighted by Crippen LogP contribution is 2.13. The molecule has 2 aromatic heterocycles. The van der Waals surface area contributed by atoms with E-state index in [4.69, 9.17) is 0 Å². The first-order valence-electron chi connectivity index (χ1n) is 4.64. The van der Waals surface area contributed by atoms with E-state index in [1.54, 1.807) is 21.4 Å². The second-order valence-electron chi connectivity index (χ2n) is 3.71. The van der Waals surface area contributed by atoms with Gasteiger partial charge >= 0.3 is 0 Å². The molecule has 0 fully saturated rings. The van der Waals surface area contributed by atoms with Gasteiger partial charge in [-0.25, -0.2) is 0 Å². The summed E-state index contributed by atoms with van der Waals surface area (Å²) < 4.78 is 3.48. The van der Waals surface area contributed by atoms with E-state index < -0.39 is 0 Å². The summed E-state index contributed by atoms with van der Waals surface area (Å²) in [5, 5.41) is 4.25. The summed E-state index contributed by atoms with van der Waals surface area (Å²) in [4.78, 5) is 11.6. The maximum Gasteiger partial charge on any atom is 0.251 e. The van der Waals surface area contributed by atoms with Gasteiger partial charge in [-0.15, -0.1) is 0 Å². The first-order valence-corrected chi connectivity index (χ1v) is 4.64. The van der Waals surface area contributed by atoms with Crippen molar-refractivity contribution in [2.75, 3.05) is 0 Å². The minimum atomic E-state index is 0.0282. The summed E-state index contributed by atoms with van der Waals surface area (Å²) in [6.07, 6.45) is 1.87. The van der Waals surface area contributed by atoms with Crippen molar-refractivity contribution < 1.29 is 0 Å². The Morgan fingerprint density at radius 1 is 1.36 bits per heavy atom. The smallest absolute Gasteiger partial charge is 0.251 e. The number of fused-ring (bicyclic) bond motifs is 1. The lowest BCUT2D eigenvalue weighted by Gasteiger charge is -2.09. The van der Waals surface area contributed by atoms with Crippen LogP contribution in [-0.4, -0.2) is 14.3 Å². The zero-order chi connectivity index (χ0) is 10.3. The fourth-order valence-corrected chi connectivity index (χ4v) is 1.68. The van der Waals surface area contributed by atoms with E-state index in [9.17, 15) is 4.79 Å². The van der Waals surface area contributed by atoms with Gasteiger partial charge in [-0.05, 0) is 19.9 Å². The van der Waals surface area contributed by atoms with Crippen molar-refractivity contribution >= 4 is 11.0 Å². The van der Waals surface area contributed by atoms with Crippen LogP contribution in [0.15, 0.2) is 23.1 Å². The normalized spacial score (nSPS) is 11.4. The van der Waals surface area contributed by atoms with Crippen LogP contribution in [0.25, 0.3) is 11.0 Å². The molecule has 14 heavy (non-hydrogen) atoms. The number of aryl methyl sites for hydroxylation is 1. The number of pyridine rings is 1. The molecule has 4 heteroatoms. The third-order valence-corrected chi connectivity index (χ3v) is 2.23. The molecule has 0 aliphatic carbocycles. The molecule has 0 saturated carbocycles. The van der Waals surface area contributed by atoms with Crippen molar-refractivity contribution in [2.24, 2.45) is 7.05 Å². The lowest BCUT2D eigenvalue weighted by atomic mass is 10.3. The molecule has 2 rings (SSSR count).